The van der Waals surface area contributed by atoms with Crippen molar-refractivity contribution in [1.29, 1.82) is 0 Å². The van der Waals surface area contributed by atoms with Crippen LogP contribution in [0, 0.1) is 11.8 Å². The van der Waals surface area contributed by atoms with E-state index in [1.54, 1.807) is 0 Å². The molecule has 0 spiro atoms. The first-order valence-electron chi connectivity index (χ1n) is 5.42. The largest absolute Gasteiger partial charge is 0.497 e. The van der Waals surface area contributed by atoms with Crippen LogP contribution in [-0.4, -0.2) is 30.9 Å². The highest BCUT2D eigenvalue weighted by Crippen LogP contribution is 2.42. The lowest BCUT2D eigenvalue weighted by Crippen LogP contribution is -2.33. The Kier molecular flexibility index (Phi) is 3.01. The minimum atomic E-state index is -0.338. The van der Waals surface area contributed by atoms with Gasteiger partial charge >= 0.3 is 5.97 Å². The molecule has 3 atom stereocenters. The van der Waals surface area contributed by atoms with E-state index in [1.165, 1.54) is 13.4 Å². The van der Waals surface area contributed by atoms with Crippen molar-refractivity contribution in [1.82, 2.24) is 0 Å². The highest BCUT2D eigenvalue weighted by Gasteiger charge is 2.41. The van der Waals surface area contributed by atoms with Gasteiger partial charge in [0.1, 0.15) is 6.10 Å². The van der Waals surface area contributed by atoms with Gasteiger partial charge in [-0.15, -0.1) is 0 Å². The molecule has 0 radical (unpaired) electrons. The molecular weight excluding hydrogens is 208 g/mol. The van der Waals surface area contributed by atoms with Crippen LogP contribution in [0.15, 0.2) is 23.5 Å². The van der Waals surface area contributed by atoms with Gasteiger partial charge in [-0.1, -0.05) is 6.08 Å². The number of hydrogen-bond donors (Lipinski definition) is 1. The van der Waals surface area contributed by atoms with Crippen molar-refractivity contribution in [3.05, 3.63) is 23.5 Å². The standard InChI is InChI=1S/C12H16O4/c1-7-11-8(5-13)3-4-9(11)10(6-16-7)12(14)15-2/h3,6-7,9,11,13H,4-5H2,1-2H3/t7-,9-,11-/m1/s1. The van der Waals surface area contributed by atoms with Gasteiger partial charge in [0.2, 0.25) is 0 Å². The van der Waals surface area contributed by atoms with Crippen molar-refractivity contribution in [2.45, 2.75) is 19.4 Å². The monoisotopic (exact) mass is 224 g/mol. The molecule has 0 aromatic heterocycles. The molecule has 4 heteroatoms. The summed E-state index contributed by atoms with van der Waals surface area (Å²) in [7, 11) is 1.37. The molecule has 1 heterocycles. The maximum absolute atomic E-state index is 11.6. The summed E-state index contributed by atoms with van der Waals surface area (Å²) in [5.41, 5.74) is 1.54. The van der Waals surface area contributed by atoms with E-state index in [4.69, 9.17) is 9.47 Å². The van der Waals surface area contributed by atoms with Gasteiger partial charge in [0.05, 0.1) is 25.6 Å². The van der Waals surface area contributed by atoms with Gasteiger partial charge in [-0.05, 0) is 18.9 Å². The van der Waals surface area contributed by atoms with Gasteiger partial charge < -0.3 is 14.6 Å². The van der Waals surface area contributed by atoms with Crippen LogP contribution < -0.4 is 0 Å². The van der Waals surface area contributed by atoms with Crippen LogP contribution in [0.2, 0.25) is 0 Å². The fourth-order valence-corrected chi connectivity index (χ4v) is 2.61. The predicted octanol–water partition coefficient (Wildman–Crippen LogP) is 1.02. The Bertz CT molecular complexity index is 356. The van der Waals surface area contributed by atoms with E-state index in [0.29, 0.717) is 5.57 Å². The number of carbonyl (C=O) groups is 1. The molecular formula is C12H16O4. The molecule has 1 aliphatic carbocycles. The van der Waals surface area contributed by atoms with E-state index >= 15 is 0 Å². The van der Waals surface area contributed by atoms with Crippen LogP contribution in [0.4, 0.5) is 0 Å². The first kappa shape index (κ1) is 11.2. The van der Waals surface area contributed by atoms with Crippen molar-refractivity contribution < 1.29 is 19.4 Å². The van der Waals surface area contributed by atoms with Crippen molar-refractivity contribution >= 4 is 5.97 Å². The molecule has 88 valence electrons. The lowest BCUT2D eigenvalue weighted by molar-refractivity contribution is -0.137. The van der Waals surface area contributed by atoms with Gasteiger partial charge in [-0.25, -0.2) is 4.79 Å². The van der Waals surface area contributed by atoms with Gasteiger partial charge in [-0.2, -0.15) is 0 Å². The Balaban J connectivity index is 2.26. The fraction of sp³-hybridized carbons (Fsp3) is 0.583. The van der Waals surface area contributed by atoms with Crippen LogP contribution >= 0.6 is 0 Å². The second kappa shape index (κ2) is 4.29. The summed E-state index contributed by atoms with van der Waals surface area (Å²) in [6.45, 7) is 1.99. The molecule has 2 rings (SSSR count). The third-order valence-corrected chi connectivity index (χ3v) is 3.41. The Labute approximate surface area is 94.5 Å². The third-order valence-electron chi connectivity index (χ3n) is 3.41. The fourth-order valence-electron chi connectivity index (χ4n) is 2.61. The summed E-state index contributed by atoms with van der Waals surface area (Å²) >= 11 is 0. The van der Waals surface area contributed by atoms with Gasteiger partial charge in [-0.3, -0.25) is 0 Å². The SMILES string of the molecule is COC(=O)C1=CO[C@H](C)[C@@H]2C(CO)=CC[C@H]12. The maximum atomic E-state index is 11.6. The smallest absolute Gasteiger partial charge is 0.337 e. The molecule has 2 aliphatic rings. The van der Waals surface area contributed by atoms with Crippen LogP contribution in [0.25, 0.3) is 0 Å². The number of hydrogen-bond acceptors (Lipinski definition) is 4. The maximum Gasteiger partial charge on any atom is 0.337 e. The van der Waals surface area contributed by atoms with E-state index < -0.39 is 0 Å². The zero-order valence-corrected chi connectivity index (χ0v) is 9.47. The van der Waals surface area contributed by atoms with Crippen LogP contribution in [-0.2, 0) is 14.3 Å². The first-order valence-corrected chi connectivity index (χ1v) is 5.42. The molecule has 0 saturated carbocycles. The highest BCUT2D eigenvalue weighted by atomic mass is 16.5. The molecule has 0 bridgehead atoms. The molecule has 0 unspecified atom stereocenters. The quantitative estimate of drug-likeness (QED) is 0.562. The normalized spacial score (nSPS) is 32.3. The van der Waals surface area contributed by atoms with Gasteiger partial charge in [0.15, 0.2) is 0 Å². The average Bonchev–Trinajstić information content (AvgIpc) is 2.73. The van der Waals surface area contributed by atoms with E-state index in [0.717, 1.165) is 12.0 Å². The summed E-state index contributed by atoms with van der Waals surface area (Å²) in [6.07, 6.45) is 4.28. The molecule has 0 aromatic rings. The lowest BCUT2D eigenvalue weighted by atomic mass is 9.81. The number of allylic oxidation sites excluding steroid dienone is 1. The van der Waals surface area contributed by atoms with Crippen LogP contribution in [0.5, 0.6) is 0 Å². The molecule has 0 aromatic carbocycles. The van der Waals surface area contributed by atoms with E-state index in [-0.39, 0.29) is 30.5 Å². The van der Waals surface area contributed by atoms with E-state index in [9.17, 15) is 9.90 Å². The number of carbonyl (C=O) groups excluding carboxylic acids is 1. The molecule has 0 saturated heterocycles. The first-order chi connectivity index (χ1) is 7.69. The van der Waals surface area contributed by atoms with E-state index in [1.807, 2.05) is 13.0 Å². The van der Waals surface area contributed by atoms with E-state index in [2.05, 4.69) is 0 Å². The number of aliphatic hydroxyl groups excluding tert-OH is 1. The lowest BCUT2D eigenvalue weighted by Gasteiger charge is -2.32. The number of ether oxygens (including phenoxy) is 2. The highest BCUT2D eigenvalue weighted by molar-refractivity contribution is 5.89. The summed E-state index contributed by atoms with van der Waals surface area (Å²) < 4.78 is 10.2. The van der Waals surface area contributed by atoms with Crippen LogP contribution in [0.3, 0.4) is 0 Å². The van der Waals surface area contributed by atoms with Crippen LogP contribution in [0.1, 0.15) is 13.3 Å². The second-order valence-corrected chi connectivity index (χ2v) is 4.21. The molecule has 0 amide bonds. The zero-order valence-electron chi connectivity index (χ0n) is 9.47. The minimum Gasteiger partial charge on any atom is -0.497 e. The Hall–Kier alpha value is -1.29. The zero-order chi connectivity index (χ0) is 11.7. The average molecular weight is 224 g/mol. The molecule has 1 N–H and O–H groups in total. The Morgan fingerprint density at radius 3 is 3.06 bits per heavy atom. The molecule has 16 heavy (non-hydrogen) atoms. The summed E-state index contributed by atoms with van der Waals surface area (Å²) in [5.74, 6) is -0.142. The summed E-state index contributed by atoms with van der Waals surface area (Å²) in [6, 6.07) is 0. The van der Waals surface area contributed by atoms with Gasteiger partial charge in [0.25, 0.3) is 0 Å². The Morgan fingerprint density at radius 2 is 2.44 bits per heavy atom. The Morgan fingerprint density at radius 1 is 1.69 bits per heavy atom. The van der Waals surface area contributed by atoms with Crippen molar-refractivity contribution in [3.8, 4) is 0 Å². The summed E-state index contributed by atoms with van der Waals surface area (Å²) in [4.78, 5) is 11.6. The molecule has 0 fully saturated rings. The van der Waals surface area contributed by atoms with Crippen molar-refractivity contribution in [2.24, 2.45) is 11.8 Å². The minimum absolute atomic E-state index is 0.000642. The number of aliphatic hydroxyl groups is 1. The number of methoxy groups -OCH3 is 1. The topological polar surface area (TPSA) is 55.8 Å². The number of rotatable bonds is 2. The second-order valence-electron chi connectivity index (χ2n) is 4.21. The third kappa shape index (κ3) is 1.63. The number of fused-ring (bicyclic) bond motifs is 1. The molecule has 4 nitrogen and oxygen atoms in total. The summed E-state index contributed by atoms with van der Waals surface area (Å²) in [5, 5.41) is 9.25. The van der Waals surface area contributed by atoms with Gasteiger partial charge in [0, 0.05) is 11.8 Å². The van der Waals surface area contributed by atoms with Crippen molar-refractivity contribution in [3.63, 3.8) is 0 Å². The van der Waals surface area contributed by atoms with Crippen molar-refractivity contribution in [2.75, 3.05) is 13.7 Å². The predicted molar refractivity (Wildman–Crippen MR) is 57.4 cm³/mol. The number of esters is 1. The molecule has 1 aliphatic heterocycles.